The van der Waals surface area contributed by atoms with Crippen LogP contribution in [-0.4, -0.2) is 5.11 Å². The fourth-order valence-corrected chi connectivity index (χ4v) is 3.25. The van der Waals surface area contributed by atoms with Crippen LogP contribution in [0.25, 0.3) is 0 Å². The van der Waals surface area contributed by atoms with E-state index < -0.39 is 0 Å². The monoisotopic (exact) mass is 217 g/mol. The van der Waals surface area contributed by atoms with E-state index in [0.29, 0.717) is 11.8 Å². The van der Waals surface area contributed by atoms with Gasteiger partial charge in [0.2, 0.25) is 0 Å². The lowest BCUT2D eigenvalue weighted by Crippen LogP contribution is -2.23. The van der Waals surface area contributed by atoms with E-state index in [9.17, 15) is 5.11 Å². The Morgan fingerprint density at radius 2 is 1.94 bits per heavy atom. The highest BCUT2D eigenvalue weighted by atomic mass is 16.3. The van der Waals surface area contributed by atoms with Crippen LogP contribution in [0.1, 0.15) is 49.3 Å². The Hall–Kier alpha value is -1.02. The normalized spacial score (nSPS) is 25.6. The molecule has 1 saturated carbocycles. The zero-order valence-electron chi connectivity index (χ0n) is 9.58. The van der Waals surface area contributed by atoms with E-state index in [-0.39, 0.29) is 0 Å². The van der Waals surface area contributed by atoms with Gasteiger partial charge in [0.05, 0.1) is 0 Å². The van der Waals surface area contributed by atoms with Crippen molar-refractivity contribution in [3.63, 3.8) is 0 Å². The highest BCUT2D eigenvalue weighted by molar-refractivity contribution is 5.40. The summed E-state index contributed by atoms with van der Waals surface area (Å²) >= 11 is 0. The molecule has 0 radical (unpaired) electrons. The first-order valence-corrected chi connectivity index (χ1v) is 6.40. The van der Waals surface area contributed by atoms with E-state index in [2.05, 4.69) is 11.4 Å². The molecular formula is C14H19NO. The van der Waals surface area contributed by atoms with Crippen molar-refractivity contribution >= 4 is 0 Å². The van der Waals surface area contributed by atoms with Crippen LogP contribution >= 0.6 is 0 Å². The average molecular weight is 217 g/mol. The van der Waals surface area contributed by atoms with Gasteiger partial charge in [-0.05, 0) is 42.0 Å². The Morgan fingerprint density at radius 1 is 1.12 bits per heavy atom. The van der Waals surface area contributed by atoms with E-state index in [1.54, 1.807) is 6.07 Å². The summed E-state index contributed by atoms with van der Waals surface area (Å²) in [6.45, 7) is 0.969. The number of hydrogen-bond acceptors (Lipinski definition) is 2. The molecule has 1 aromatic rings. The third-order valence-electron chi connectivity index (χ3n) is 4.10. The van der Waals surface area contributed by atoms with Crippen LogP contribution < -0.4 is 5.32 Å². The molecule has 0 bridgehead atoms. The van der Waals surface area contributed by atoms with Gasteiger partial charge < -0.3 is 10.4 Å². The summed E-state index contributed by atoms with van der Waals surface area (Å²) < 4.78 is 0. The van der Waals surface area contributed by atoms with E-state index in [0.717, 1.165) is 12.5 Å². The summed E-state index contributed by atoms with van der Waals surface area (Å²) in [4.78, 5) is 0. The maximum absolute atomic E-state index is 9.58. The van der Waals surface area contributed by atoms with Gasteiger partial charge in [-0.1, -0.05) is 25.3 Å². The first-order chi connectivity index (χ1) is 7.84. The molecule has 3 rings (SSSR count). The molecule has 0 amide bonds. The van der Waals surface area contributed by atoms with Gasteiger partial charge in [-0.15, -0.1) is 0 Å². The number of nitrogens with one attached hydrogen (secondary N) is 1. The number of rotatable bonds is 1. The van der Waals surface area contributed by atoms with Crippen LogP contribution in [0.4, 0.5) is 0 Å². The van der Waals surface area contributed by atoms with Crippen molar-refractivity contribution in [2.75, 3.05) is 0 Å². The number of phenolic OH excluding ortho intramolecular Hbond substituents is 1. The molecule has 2 aliphatic rings. The molecule has 1 aliphatic carbocycles. The molecular weight excluding hydrogens is 198 g/mol. The van der Waals surface area contributed by atoms with E-state index in [1.165, 1.54) is 43.2 Å². The van der Waals surface area contributed by atoms with E-state index in [1.807, 2.05) is 6.07 Å². The number of phenols is 1. The topological polar surface area (TPSA) is 32.3 Å². The Balaban J connectivity index is 1.86. The lowest BCUT2D eigenvalue weighted by Gasteiger charge is -2.28. The van der Waals surface area contributed by atoms with Crippen molar-refractivity contribution in [2.45, 2.75) is 44.7 Å². The van der Waals surface area contributed by atoms with Gasteiger partial charge in [-0.2, -0.15) is 0 Å². The van der Waals surface area contributed by atoms with Crippen molar-refractivity contribution in [1.82, 2.24) is 5.32 Å². The van der Waals surface area contributed by atoms with Crippen LogP contribution in [0.15, 0.2) is 18.2 Å². The molecule has 1 aliphatic heterocycles. The van der Waals surface area contributed by atoms with Crippen molar-refractivity contribution in [2.24, 2.45) is 5.92 Å². The fraction of sp³-hybridized carbons (Fsp3) is 0.571. The van der Waals surface area contributed by atoms with Crippen molar-refractivity contribution < 1.29 is 5.11 Å². The van der Waals surface area contributed by atoms with Gasteiger partial charge in [0.25, 0.3) is 0 Å². The maximum Gasteiger partial charge on any atom is 0.115 e. The quantitative estimate of drug-likeness (QED) is 0.757. The molecule has 0 spiro atoms. The molecule has 1 heterocycles. The van der Waals surface area contributed by atoms with E-state index in [4.69, 9.17) is 0 Å². The number of fused-ring (bicyclic) bond motifs is 1. The molecule has 0 aromatic heterocycles. The third-order valence-corrected chi connectivity index (χ3v) is 4.10. The maximum atomic E-state index is 9.58. The van der Waals surface area contributed by atoms with Crippen LogP contribution in [0.2, 0.25) is 0 Å². The average Bonchev–Trinajstić information content (AvgIpc) is 2.73. The van der Waals surface area contributed by atoms with Crippen LogP contribution in [0, 0.1) is 5.92 Å². The Bertz CT molecular complexity index is 382. The predicted octanol–water partition coefficient (Wildman–Crippen LogP) is 3.12. The fourth-order valence-electron chi connectivity index (χ4n) is 3.25. The minimum Gasteiger partial charge on any atom is -0.508 e. The summed E-state index contributed by atoms with van der Waals surface area (Å²) in [6.07, 6.45) is 6.82. The Labute approximate surface area is 96.7 Å². The molecule has 2 nitrogen and oxygen atoms in total. The molecule has 16 heavy (non-hydrogen) atoms. The van der Waals surface area contributed by atoms with Gasteiger partial charge in [-0.3, -0.25) is 0 Å². The first kappa shape index (κ1) is 10.2. The second-order valence-electron chi connectivity index (χ2n) is 5.14. The molecule has 2 N–H and O–H groups in total. The number of hydrogen-bond donors (Lipinski definition) is 2. The summed E-state index contributed by atoms with van der Waals surface area (Å²) in [5, 5.41) is 13.2. The van der Waals surface area contributed by atoms with Gasteiger partial charge in [0.15, 0.2) is 0 Å². The molecule has 86 valence electrons. The standard InChI is InChI=1S/C14H19NO/c16-12-7-6-11-9-15-14(13(11)8-12)10-4-2-1-3-5-10/h6-8,10,14-16H,1-5,9H2. The molecule has 1 fully saturated rings. The van der Waals surface area contributed by atoms with Crippen molar-refractivity contribution in [3.05, 3.63) is 29.3 Å². The second-order valence-corrected chi connectivity index (χ2v) is 5.14. The summed E-state index contributed by atoms with van der Waals surface area (Å²) in [7, 11) is 0. The summed E-state index contributed by atoms with van der Waals surface area (Å²) in [5.74, 6) is 1.18. The zero-order chi connectivity index (χ0) is 11.0. The minimum atomic E-state index is 0.406. The lowest BCUT2D eigenvalue weighted by molar-refractivity contribution is 0.282. The minimum absolute atomic E-state index is 0.406. The van der Waals surface area contributed by atoms with Gasteiger partial charge in [0.1, 0.15) is 5.75 Å². The first-order valence-electron chi connectivity index (χ1n) is 6.40. The highest BCUT2D eigenvalue weighted by Gasteiger charge is 2.30. The van der Waals surface area contributed by atoms with Gasteiger partial charge >= 0.3 is 0 Å². The van der Waals surface area contributed by atoms with Crippen LogP contribution in [-0.2, 0) is 6.54 Å². The van der Waals surface area contributed by atoms with Crippen LogP contribution in [0.3, 0.4) is 0 Å². The second kappa shape index (κ2) is 4.10. The van der Waals surface area contributed by atoms with Gasteiger partial charge in [-0.25, -0.2) is 0 Å². The van der Waals surface area contributed by atoms with Crippen molar-refractivity contribution in [3.8, 4) is 5.75 Å². The Kier molecular flexibility index (Phi) is 2.60. The molecule has 2 heteroatoms. The molecule has 1 aromatic carbocycles. The van der Waals surface area contributed by atoms with Crippen LogP contribution in [0.5, 0.6) is 5.75 Å². The van der Waals surface area contributed by atoms with E-state index >= 15 is 0 Å². The number of aromatic hydroxyl groups is 1. The number of benzene rings is 1. The SMILES string of the molecule is Oc1ccc2c(c1)C(C1CCCCC1)NC2. The summed E-state index contributed by atoms with van der Waals surface area (Å²) in [6, 6.07) is 6.29. The van der Waals surface area contributed by atoms with Gasteiger partial charge in [0, 0.05) is 12.6 Å². The smallest absolute Gasteiger partial charge is 0.115 e. The Morgan fingerprint density at radius 3 is 2.75 bits per heavy atom. The molecule has 0 saturated heterocycles. The predicted molar refractivity (Wildman–Crippen MR) is 64.3 cm³/mol. The third kappa shape index (κ3) is 1.71. The highest BCUT2D eigenvalue weighted by Crippen LogP contribution is 2.39. The largest absolute Gasteiger partial charge is 0.508 e. The van der Waals surface area contributed by atoms with Crippen molar-refractivity contribution in [1.29, 1.82) is 0 Å². The zero-order valence-corrected chi connectivity index (χ0v) is 9.58. The summed E-state index contributed by atoms with van der Waals surface area (Å²) in [5.41, 5.74) is 2.71. The molecule has 1 unspecified atom stereocenters. The lowest BCUT2D eigenvalue weighted by atomic mass is 9.81. The molecule has 1 atom stereocenters.